The maximum Gasteiger partial charge on any atom is 0.191 e. The molecule has 136 valence electrons. The molecule has 0 saturated carbocycles. The van der Waals surface area contributed by atoms with E-state index in [9.17, 15) is 4.79 Å². The van der Waals surface area contributed by atoms with E-state index in [1.54, 1.807) is 12.0 Å². The van der Waals surface area contributed by atoms with E-state index >= 15 is 0 Å². The number of anilines is 2. The predicted octanol–water partition coefficient (Wildman–Crippen LogP) is 3.13. The van der Waals surface area contributed by atoms with Crippen LogP contribution in [0.3, 0.4) is 0 Å². The number of carbonyl (C=O) groups excluding carboxylic acids is 1. The molecule has 3 heterocycles. The van der Waals surface area contributed by atoms with Gasteiger partial charge in [0.05, 0.1) is 25.0 Å². The number of carbonyl (C=O) groups is 1. The number of allylic oxidation sites excluding steroid dienone is 1. The summed E-state index contributed by atoms with van der Waals surface area (Å²) in [7, 11) is 1.60. The lowest BCUT2D eigenvalue weighted by Gasteiger charge is -2.23. The van der Waals surface area contributed by atoms with Crippen molar-refractivity contribution in [1.29, 1.82) is 5.41 Å². The van der Waals surface area contributed by atoms with Gasteiger partial charge in [0.1, 0.15) is 23.4 Å². The van der Waals surface area contributed by atoms with Crippen molar-refractivity contribution in [1.82, 2.24) is 0 Å². The molecule has 1 fully saturated rings. The molecular formula is C21H19N3O3. The fourth-order valence-electron chi connectivity index (χ4n) is 4.08. The molecule has 0 bridgehead atoms. The van der Waals surface area contributed by atoms with Crippen LogP contribution in [-0.4, -0.2) is 31.4 Å². The van der Waals surface area contributed by atoms with Crippen LogP contribution in [0.25, 0.3) is 0 Å². The summed E-state index contributed by atoms with van der Waals surface area (Å²) in [5.41, 5.74) is 4.15. The minimum Gasteiger partial charge on any atom is -0.497 e. The number of fused-ring (bicyclic) bond motifs is 4. The molecular weight excluding hydrogens is 342 g/mol. The van der Waals surface area contributed by atoms with Crippen molar-refractivity contribution >= 4 is 23.0 Å². The topological polar surface area (TPSA) is 74.7 Å². The second kappa shape index (κ2) is 5.87. The number of Topliss-reactive ketones (excluding diaryl/α,β-unsaturated/α-hetero) is 1. The summed E-state index contributed by atoms with van der Waals surface area (Å²) in [4.78, 5) is 15.0. The van der Waals surface area contributed by atoms with Gasteiger partial charge in [0.2, 0.25) is 0 Å². The molecule has 2 N–H and O–H groups in total. The quantitative estimate of drug-likeness (QED) is 0.764. The Kier molecular flexibility index (Phi) is 3.47. The van der Waals surface area contributed by atoms with Crippen molar-refractivity contribution in [3.63, 3.8) is 0 Å². The Morgan fingerprint density at radius 2 is 2.11 bits per heavy atom. The van der Waals surface area contributed by atoms with Crippen LogP contribution in [0.4, 0.5) is 11.4 Å². The van der Waals surface area contributed by atoms with E-state index in [0.717, 1.165) is 16.9 Å². The van der Waals surface area contributed by atoms with Gasteiger partial charge >= 0.3 is 0 Å². The molecule has 2 aromatic rings. The first-order valence-corrected chi connectivity index (χ1v) is 8.98. The molecule has 1 saturated heterocycles. The van der Waals surface area contributed by atoms with Gasteiger partial charge in [-0.1, -0.05) is 18.2 Å². The molecule has 3 aliphatic rings. The van der Waals surface area contributed by atoms with Gasteiger partial charge in [-0.3, -0.25) is 10.2 Å². The van der Waals surface area contributed by atoms with Crippen molar-refractivity contribution < 1.29 is 14.3 Å². The van der Waals surface area contributed by atoms with E-state index in [1.807, 2.05) is 42.5 Å². The van der Waals surface area contributed by atoms with E-state index in [0.29, 0.717) is 42.2 Å². The Morgan fingerprint density at radius 3 is 2.93 bits per heavy atom. The monoisotopic (exact) mass is 361 g/mol. The smallest absolute Gasteiger partial charge is 0.191 e. The number of para-hydroxylation sites is 1. The van der Waals surface area contributed by atoms with Crippen LogP contribution in [0, 0.1) is 5.41 Å². The molecule has 1 atom stereocenters. The van der Waals surface area contributed by atoms with Gasteiger partial charge in [0.25, 0.3) is 0 Å². The minimum absolute atomic E-state index is 0.0189. The predicted molar refractivity (Wildman–Crippen MR) is 103 cm³/mol. The molecule has 0 spiro atoms. The van der Waals surface area contributed by atoms with Crippen molar-refractivity contribution in [3.05, 3.63) is 59.3 Å². The van der Waals surface area contributed by atoms with Gasteiger partial charge in [-0.15, -0.1) is 0 Å². The molecule has 6 heteroatoms. The summed E-state index contributed by atoms with van der Waals surface area (Å²) in [6.45, 7) is 0.440. The van der Waals surface area contributed by atoms with Crippen molar-refractivity contribution in [3.8, 4) is 11.5 Å². The summed E-state index contributed by atoms with van der Waals surface area (Å²) in [5.74, 6) is 1.55. The van der Waals surface area contributed by atoms with Crippen LogP contribution in [-0.2, 0) is 11.2 Å². The number of nitrogens with one attached hydrogen (secondary N) is 2. The Morgan fingerprint density at radius 1 is 1.26 bits per heavy atom. The van der Waals surface area contributed by atoms with E-state index in [4.69, 9.17) is 14.9 Å². The fraction of sp³-hybridized carbons (Fsp3) is 0.238. The van der Waals surface area contributed by atoms with E-state index in [1.165, 1.54) is 0 Å². The highest BCUT2D eigenvalue weighted by atomic mass is 16.5. The van der Waals surface area contributed by atoms with Crippen LogP contribution in [0.5, 0.6) is 11.5 Å². The van der Waals surface area contributed by atoms with Crippen LogP contribution < -0.4 is 19.7 Å². The maximum absolute atomic E-state index is 13.2. The molecule has 0 amide bonds. The molecule has 5 rings (SSSR count). The summed E-state index contributed by atoms with van der Waals surface area (Å²) in [6, 6.07) is 13.1. The van der Waals surface area contributed by atoms with E-state index in [2.05, 4.69) is 5.32 Å². The van der Waals surface area contributed by atoms with Gasteiger partial charge < -0.3 is 19.7 Å². The molecule has 3 aliphatic heterocycles. The molecule has 6 nitrogen and oxygen atoms in total. The van der Waals surface area contributed by atoms with Crippen molar-refractivity contribution in [2.24, 2.45) is 0 Å². The molecule has 0 aliphatic carbocycles. The molecule has 0 unspecified atom stereocenters. The first-order chi connectivity index (χ1) is 13.2. The third kappa shape index (κ3) is 2.33. The van der Waals surface area contributed by atoms with Gasteiger partial charge in [0, 0.05) is 30.3 Å². The summed E-state index contributed by atoms with van der Waals surface area (Å²) < 4.78 is 11.2. The number of ketones is 1. The normalized spacial score (nSPS) is 23.1. The number of rotatable bonds is 1. The minimum atomic E-state index is -0.418. The highest BCUT2D eigenvalue weighted by Gasteiger charge is 2.45. The van der Waals surface area contributed by atoms with E-state index < -0.39 is 6.04 Å². The zero-order valence-corrected chi connectivity index (χ0v) is 14.9. The average Bonchev–Trinajstić information content (AvgIpc) is 3.13. The van der Waals surface area contributed by atoms with Gasteiger partial charge in [-0.2, -0.15) is 0 Å². The lowest BCUT2D eigenvalue weighted by Crippen LogP contribution is -2.34. The Labute approximate surface area is 156 Å². The molecule has 27 heavy (non-hydrogen) atoms. The Balaban J connectivity index is 1.61. The number of amidine groups is 1. The van der Waals surface area contributed by atoms with Gasteiger partial charge in [-0.05, 0) is 23.8 Å². The SMILES string of the molecule is COc1ccc2c(c1)N1C(=N)C(=C3Cc4ccccc4N3)C(=O)[C@H]1CCO2. The molecule has 0 aromatic heterocycles. The fourth-order valence-corrected chi connectivity index (χ4v) is 4.08. The van der Waals surface area contributed by atoms with Crippen molar-refractivity contribution in [2.75, 3.05) is 23.9 Å². The number of nitrogens with zero attached hydrogens (tertiary/aromatic N) is 1. The standard InChI is InChI=1S/C21H19N3O3/c1-26-13-6-7-18-17(11-13)24-16(8-9-27-18)20(25)19(21(24)22)15-10-12-4-2-3-5-14(12)23-15/h2-7,11,16,22-23H,8-10H2,1H3/t16-/m1/s1. The summed E-state index contributed by atoms with van der Waals surface area (Å²) in [5, 5.41) is 12.1. The second-order valence-corrected chi connectivity index (χ2v) is 6.88. The van der Waals surface area contributed by atoms with Gasteiger partial charge in [0.15, 0.2) is 5.78 Å². The van der Waals surface area contributed by atoms with Gasteiger partial charge in [-0.25, -0.2) is 0 Å². The van der Waals surface area contributed by atoms with E-state index in [-0.39, 0.29) is 11.6 Å². The zero-order chi connectivity index (χ0) is 18.5. The van der Waals surface area contributed by atoms with Crippen LogP contribution in [0.15, 0.2) is 53.7 Å². The number of methoxy groups -OCH3 is 1. The summed E-state index contributed by atoms with van der Waals surface area (Å²) >= 11 is 0. The van der Waals surface area contributed by atoms with Crippen LogP contribution in [0.2, 0.25) is 0 Å². The highest BCUT2D eigenvalue weighted by molar-refractivity contribution is 6.35. The third-order valence-electron chi connectivity index (χ3n) is 5.38. The lowest BCUT2D eigenvalue weighted by molar-refractivity contribution is -0.115. The average molecular weight is 361 g/mol. The van der Waals surface area contributed by atoms with Crippen LogP contribution >= 0.6 is 0 Å². The number of benzene rings is 2. The number of hydrogen-bond acceptors (Lipinski definition) is 5. The number of hydrogen-bond donors (Lipinski definition) is 2. The highest BCUT2D eigenvalue weighted by Crippen LogP contribution is 2.42. The van der Waals surface area contributed by atoms with Crippen molar-refractivity contribution in [2.45, 2.75) is 18.9 Å². The first kappa shape index (κ1) is 15.9. The van der Waals surface area contributed by atoms with Crippen LogP contribution in [0.1, 0.15) is 12.0 Å². The lowest BCUT2D eigenvalue weighted by atomic mass is 10.0. The number of ether oxygens (including phenoxy) is 2. The third-order valence-corrected chi connectivity index (χ3v) is 5.38. The zero-order valence-electron chi connectivity index (χ0n) is 14.9. The first-order valence-electron chi connectivity index (χ1n) is 8.98. The molecule has 0 radical (unpaired) electrons. The Hall–Kier alpha value is -3.28. The largest absolute Gasteiger partial charge is 0.497 e. The summed E-state index contributed by atoms with van der Waals surface area (Å²) in [6.07, 6.45) is 1.18. The molecule has 2 aromatic carbocycles. The Bertz CT molecular complexity index is 984. The second-order valence-electron chi connectivity index (χ2n) is 6.88. The maximum atomic E-state index is 13.2.